The van der Waals surface area contributed by atoms with Gasteiger partial charge < -0.3 is 19.9 Å². The fraction of sp³-hybridized carbons (Fsp3) is 0.824. The zero-order valence-electron chi connectivity index (χ0n) is 15.1. The first-order valence-electron chi connectivity index (χ1n) is 8.57. The number of unbranched alkanes of at least 4 members (excludes halogenated alkanes) is 3. The summed E-state index contributed by atoms with van der Waals surface area (Å²) in [4.78, 5) is 9.28. The Hall–Kier alpha value is -0.340. The fourth-order valence-electron chi connectivity index (χ4n) is 2.56. The van der Waals surface area contributed by atoms with Gasteiger partial charge in [0.2, 0.25) is 0 Å². The molecular formula is C17H35IN4O. The quantitative estimate of drug-likeness (QED) is 0.198. The minimum atomic E-state index is 0. The van der Waals surface area contributed by atoms with Crippen molar-refractivity contribution in [2.75, 3.05) is 53.4 Å². The van der Waals surface area contributed by atoms with Crippen LogP contribution in [0.2, 0.25) is 0 Å². The molecule has 0 aromatic rings. The van der Waals surface area contributed by atoms with Crippen LogP contribution in [0.5, 0.6) is 0 Å². The highest BCUT2D eigenvalue weighted by atomic mass is 127. The van der Waals surface area contributed by atoms with Crippen molar-refractivity contribution in [2.24, 2.45) is 4.99 Å². The number of ether oxygens (including phenoxy) is 1. The first kappa shape index (κ1) is 22.7. The molecular weight excluding hydrogens is 403 g/mol. The van der Waals surface area contributed by atoms with Crippen molar-refractivity contribution in [3.8, 4) is 0 Å². The molecule has 1 aliphatic heterocycles. The van der Waals surface area contributed by atoms with Crippen molar-refractivity contribution in [1.82, 2.24) is 15.1 Å². The van der Waals surface area contributed by atoms with Crippen molar-refractivity contribution in [3.05, 3.63) is 12.7 Å². The maximum absolute atomic E-state index is 5.78. The van der Waals surface area contributed by atoms with Crippen LogP contribution < -0.4 is 5.32 Å². The van der Waals surface area contributed by atoms with E-state index in [1.165, 1.54) is 19.3 Å². The summed E-state index contributed by atoms with van der Waals surface area (Å²) in [6.45, 7) is 11.3. The smallest absolute Gasteiger partial charge is 0.193 e. The molecule has 23 heavy (non-hydrogen) atoms. The minimum absolute atomic E-state index is 0. The van der Waals surface area contributed by atoms with Gasteiger partial charge in [0.25, 0.3) is 0 Å². The van der Waals surface area contributed by atoms with E-state index in [9.17, 15) is 0 Å². The Labute approximate surface area is 159 Å². The summed E-state index contributed by atoms with van der Waals surface area (Å²) >= 11 is 0. The van der Waals surface area contributed by atoms with Crippen LogP contribution in [0.15, 0.2) is 17.6 Å². The monoisotopic (exact) mass is 438 g/mol. The second-order valence-electron chi connectivity index (χ2n) is 6.01. The molecule has 1 aliphatic rings. The zero-order chi connectivity index (χ0) is 16.2. The minimum Gasteiger partial charge on any atom is -0.374 e. The van der Waals surface area contributed by atoms with Crippen molar-refractivity contribution >= 4 is 29.9 Å². The third-order valence-electron chi connectivity index (χ3n) is 3.88. The average Bonchev–Trinajstić information content (AvgIpc) is 2.51. The maximum atomic E-state index is 5.78. The summed E-state index contributed by atoms with van der Waals surface area (Å²) < 4.78 is 5.78. The number of likely N-dealkylation sites (N-methyl/N-ethyl adjacent to an activating group) is 1. The molecule has 0 aromatic heterocycles. The molecule has 1 fully saturated rings. The normalized spacial score (nSPS) is 19.1. The van der Waals surface area contributed by atoms with Crippen LogP contribution in [0.1, 0.15) is 32.6 Å². The van der Waals surface area contributed by atoms with Crippen LogP contribution in [-0.2, 0) is 4.74 Å². The summed E-state index contributed by atoms with van der Waals surface area (Å²) in [6.07, 6.45) is 6.99. The molecule has 0 bridgehead atoms. The maximum Gasteiger partial charge on any atom is 0.193 e. The Morgan fingerprint density at radius 2 is 2.22 bits per heavy atom. The number of nitrogens with zero attached hydrogens (tertiary/aromatic N) is 3. The topological polar surface area (TPSA) is 40.1 Å². The Kier molecular flexibility index (Phi) is 13.8. The molecule has 1 N–H and O–H groups in total. The number of aliphatic imine (C=N–C) groups is 1. The summed E-state index contributed by atoms with van der Waals surface area (Å²) in [5.41, 5.74) is 0. The molecule has 0 spiro atoms. The molecule has 1 rings (SSSR count). The van der Waals surface area contributed by atoms with Crippen molar-refractivity contribution in [2.45, 2.75) is 38.7 Å². The van der Waals surface area contributed by atoms with E-state index < -0.39 is 0 Å². The highest BCUT2D eigenvalue weighted by Gasteiger charge is 2.17. The molecule has 1 saturated heterocycles. The van der Waals surface area contributed by atoms with Gasteiger partial charge in [0.05, 0.1) is 19.3 Å². The van der Waals surface area contributed by atoms with Crippen molar-refractivity contribution in [3.63, 3.8) is 0 Å². The number of nitrogens with one attached hydrogen (secondary N) is 1. The molecule has 0 radical (unpaired) electrons. The molecule has 0 aliphatic carbocycles. The lowest BCUT2D eigenvalue weighted by atomic mass is 10.2. The van der Waals surface area contributed by atoms with Gasteiger partial charge in [0, 0.05) is 33.2 Å². The summed E-state index contributed by atoms with van der Waals surface area (Å²) in [7, 11) is 4.25. The largest absolute Gasteiger partial charge is 0.374 e. The molecule has 1 atom stereocenters. The number of morpholine rings is 1. The van der Waals surface area contributed by atoms with E-state index in [-0.39, 0.29) is 30.1 Å². The van der Waals surface area contributed by atoms with E-state index in [4.69, 9.17) is 9.73 Å². The molecule has 136 valence electrons. The third kappa shape index (κ3) is 10.2. The van der Waals surface area contributed by atoms with Crippen LogP contribution in [0, 0.1) is 0 Å². The van der Waals surface area contributed by atoms with Gasteiger partial charge in [-0.15, -0.1) is 30.6 Å². The lowest BCUT2D eigenvalue weighted by molar-refractivity contribution is -0.0137. The molecule has 0 saturated carbocycles. The molecule has 0 aromatic carbocycles. The van der Waals surface area contributed by atoms with E-state index in [0.29, 0.717) is 0 Å². The first-order chi connectivity index (χ1) is 10.7. The van der Waals surface area contributed by atoms with Gasteiger partial charge in [-0.3, -0.25) is 4.99 Å². The van der Waals surface area contributed by atoms with E-state index >= 15 is 0 Å². The molecule has 1 heterocycles. The fourth-order valence-corrected chi connectivity index (χ4v) is 2.56. The first-order valence-corrected chi connectivity index (χ1v) is 8.57. The zero-order valence-corrected chi connectivity index (χ0v) is 17.4. The number of hydrogen-bond acceptors (Lipinski definition) is 3. The van der Waals surface area contributed by atoms with Gasteiger partial charge in [-0.25, -0.2) is 0 Å². The molecule has 0 amide bonds. The number of guanidine groups is 1. The summed E-state index contributed by atoms with van der Waals surface area (Å²) in [5.74, 6) is 0.989. The molecule has 5 nitrogen and oxygen atoms in total. The lowest BCUT2D eigenvalue weighted by Crippen LogP contribution is -2.43. The van der Waals surface area contributed by atoms with Gasteiger partial charge >= 0.3 is 0 Å². The van der Waals surface area contributed by atoms with Crippen molar-refractivity contribution < 1.29 is 4.74 Å². The van der Waals surface area contributed by atoms with Gasteiger partial charge in [-0.2, -0.15) is 0 Å². The lowest BCUT2D eigenvalue weighted by Gasteiger charge is -2.29. The summed E-state index contributed by atoms with van der Waals surface area (Å²) in [6, 6.07) is 0. The summed E-state index contributed by atoms with van der Waals surface area (Å²) in [5, 5.41) is 3.38. The van der Waals surface area contributed by atoms with Crippen LogP contribution in [0.25, 0.3) is 0 Å². The molecule has 6 heteroatoms. The third-order valence-corrected chi connectivity index (χ3v) is 3.88. The van der Waals surface area contributed by atoms with E-state index in [1.807, 2.05) is 6.08 Å². The number of hydrogen-bond donors (Lipinski definition) is 1. The highest BCUT2D eigenvalue weighted by molar-refractivity contribution is 14.0. The van der Waals surface area contributed by atoms with E-state index in [0.717, 1.165) is 51.7 Å². The SMILES string of the molecule is C=CCCCCCN(C)C(=NCC1CN(C)CCO1)NCC.I. The Morgan fingerprint density at radius 1 is 1.43 bits per heavy atom. The second kappa shape index (κ2) is 14.0. The average molecular weight is 438 g/mol. The van der Waals surface area contributed by atoms with Gasteiger partial charge in [-0.1, -0.05) is 12.5 Å². The van der Waals surface area contributed by atoms with E-state index in [1.54, 1.807) is 0 Å². The van der Waals surface area contributed by atoms with Gasteiger partial charge in [0.15, 0.2) is 5.96 Å². The second-order valence-corrected chi connectivity index (χ2v) is 6.01. The Morgan fingerprint density at radius 3 is 2.87 bits per heavy atom. The van der Waals surface area contributed by atoms with Crippen LogP contribution in [-0.4, -0.2) is 75.3 Å². The Balaban J connectivity index is 0.00000484. The number of halogens is 1. The van der Waals surface area contributed by atoms with Crippen LogP contribution in [0.4, 0.5) is 0 Å². The van der Waals surface area contributed by atoms with Gasteiger partial charge in [0.1, 0.15) is 0 Å². The van der Waals surface area contributed by atoms with Crippen molar-refractivity contribution in [1.29, 1.82) is 0 Å². The standard InChI is InChI=1S/C17H34N4O.HI/c1-5-7-8-9-10-11-21(4)17(18-6-2)19-14-16-15-20(3)12-13-22-16;/h5,16H,1,6-15H2,2-4H3,(H,18,19);1H. The molecule has 1 unspecified atom stereocenters. The van der Waals surface area contributed by atoms with E-state index in [2.05, 4.69) is 42.7 Å². The van der Waals surface area contributed by atoms with Crippen LogP contribution >= 0.6 is 24.0 Å². The predicted octanol–water partition coefficient (Wildman–Crippen LogP) is 2.58. The Bertz CT molecular complexity index is 339. The van der Waals surface area contributed by atoms with Crippen LogP contribution in [0.3, 0.4) is 0 Å². The highest BCUT2D eigenvalue weighted by Crippen LogP contribution is 2.05. The predicted molar refractivity (Wildman–Crippen MR) is 110 cm³/mol. The number of rotatable bonds is 9. The number of allylic oxidation sites excluding steroid dienone is 1. The van der Waals surface area contributed by atoms with Gasteiger partial charge in [-0.05, 0) is 33.2 Å².